The Morgan fingerprint density at radius 2 is 2.06 bits per heavy atom. The maximum Gasteiger partial charge on any atom is 0.415 e. The predicted octanol–water partition coefficient (Wildman–Crippen LogP) is 3.13. The Labute approximate surface area is 122 Å². The SMILES string of the molecule is CCN(CC)C(=O)Oc1c(I)ccnc1I. The van der Waals surface area contributed by atoms with Crippen LogP contribution in [0.25, 0.3) is 0 Å². The fraction of sp³-hybridized carbons (Fsp3) is 0.400. The van der Waals surface area contributed by atoms with Crippen LogP contribution < -0.4 is 4.74 Å². The molecule has 6 heteroatoms. The summed E-state index contributed by atoms with van der Waals surface area (Å²) in [6.07, 6.45) is 1.37. The third kappa shape index (κ3) is 3.44. The highest BCUT2D eigenvalue weighted by Gasteiger charge is 2.16. The van der Waals surface area contributed by atoms with E-state index in [2.05, 4.69) is 50.2 Å². The van der Waals surface area contributed by atoms with Crippen molar-refractivity contribution < 1.29 is 9.53 Å². The van der Waals surface area contributed by atoms with E-state index in [9.17, 15) is 4.79 Å². The van der Waals surface area contributed by atoms with E-state index in [1.165, 1.54) is 0 Å². The summed E-state index contributed by atoms with van der Waals surface area (Å²) in [6, 6.07) is 1.81. The van der Waals surface area contributed by atoms with Crippen LogP contribution in [0.1, 0.15) is 13.8 Å². The molecule has 16 heavy (non-hydrogen) atoms. The Balaban J connectivity index is 2.84. The first-order chi connectivity index (χ1) is 7.60. The van der Waals surface area contributed by atoms with Crippen LogP contribution in [0, 0.1) is 7.27 Å². The number of hydrogen-bond donors (Lipinski definition) is 0. The lowest BCUT2D eigenvalue weighted by molar-refractivity contribution is 0.156. The molecule has 0 bridgehead atoms. The normalized spacial score (nSPS) is 10.0. The van der Waals surface area contributed by atoms with Crippen molar-refractivity contribution in [3.63, 3.8) is 0 Å². The number of rotatable bonds is 3. The fourth-order valence-corrected chi connectivity index (χ4v) is 2.73. The van der Waals surface area contributed by atoms with Crippen molar-refractivity contribution in [3.05, 3.63) is 19.5 Å². The molecule has 0 fully saturated rings. The summed E-state index contributed by atoms with van der Waals surface area (Å²) in [5, 5.41) is 0. The summed E-state index contributed by atoms with van der Waals surface area (Å²) in [4.78, 5) is 17.5. The predicted molar refractivity (Wildman–Crippen MR) is 78.6 cm³/mol. The van der Waals surface area contributed by atoms with Crippen molar-refractivity contribution in [1.29, 1.82) is 0 Å². The second kappa shape index (κ2) is 6.58. The Kier molecular flexibility index (Phi) is 5.73. The highest BCUT2D eigenvalue weighted by atomic mass is 127. The number of aromatic nitrogens is 1. The van der Waals surface area contributed by atoms with Crippen molar-refractivity contribution in [2.45, 2.75) is 13.8 Å². The largest absolute Gasteiger partial charge is 0.415 e. The highest BCUT2D eigenvalue weighted by molar-refractivity contribution is 14.1. The van der Waals surface area contributed by atoms with E-state index in [1.807, 2.05) is 19.9 Å². The van der Waals surface area contributed by atoms with Gasteiger partial charge in [-0.25, -0.2) is 9.78 Å². The highest BCUT2D eigenvalue weighted by Crippen LogP contribution is 2.25. The number of nitrogens with zero attached hydrogens (tertiary/aromatic N) is 2. The van der Waals surface area contributed by atoms with Gasteiger partial charge >= 0.3 is 6.09 Å². The summed E-state index contributed by atoms with van der Waals surface area (Å²) in [6.45, 7) is 5.12. The number of halogens is 2. The molecular formula is C10H12I2N2O2. The summed E-state index contributed by atoms with van der Waals surface area (Å²) >= 11 is 4.18. The number of carbonyl (C=O) groups is 1. The van der Waals surface area contributed by atoms with Crippen molar-refractivity contribution in [2.24, 2.45) is 0 Å². The van der Waals surface area contributed by atoms with Crippen LogP contribution in [-0.2, 0) is 0 Å². The second-order valence-corrected chi connectivity index (χ2v) is 5.14. The maximum absolute atomic E-state index is 11.7. The molecular weight excluding hydrogens is 434 g/mol. The molecule has 0 spiro atoms. The van der Waals surface area contributed by atoms with Gasteiger partial charge in [-0.05, 0) is 65.1 Å². The van der Waals surface area contributed by atoms with Crippen LogP contribution in [0.15, 0.2) is 12.3 Å². The van der Waals surface area contributed by atoms with Gasteiger partial charge in [-0.15, -0.1) is 0 Å². The topological polar surface area (TPSA) is 42.4 Å². The lowest BCUT2D eigenvalue weighted by Gasteiger charge is -2.18. The molecule has 0 aliphatic rings. The van der Waals surface area contributed by atoms with Gasteiger partial charge in [0.1, 0.15) is 3.70 Å². The molecule has 0 N–H and O–H groups in total. The lowest BCUT2D eigenvalue weighted by Crippen LogP contribution is -2.33. The minimum Gasteiger partial charge on any atom is -0.406 e. The molecule has 0 aromatic carbocycles. The molecule has 1 amide bonds. The van der Waals surface area contributed by atoms with E-state index in [4.69, 9.17) is 4.74 Å². The quantitative estimate of drug-likeness (QED) is 0.530. The summed E-state index contributed by atoms with van der Waals surface area (Å²) in [5.74, 6) is 0.542. The molecule has 4 nitrogen and oxygen atoms in total. The van der Waals surface area contributed by atoms with Gasteiger partial charge in [0, 0.05) is 19.3 Å². The standard InChI is InChI=1S/C10H12I2N2O2/c1-3-14(4-2)10(15)16-8-7(11)5-6-13-9(8)12/h5-6H,3-4H2,1-2H3. The fourth-order valence-electron chi connectivity index (χ4n) is 1.13. The van der Waals surface area contributed by atoms with E-state index < -0.39 is 0 Å². The number of hydrogen-bond acceptors (Lipinski definition) is 3. The molecule has 0 aliphatic carbocycles. The minimum atomic E-state index is -0.325. The third-order valence-electron chi connectivity index (χ3n) is 2.02. The van der Waals surface area contributed by atoms with Crippen LogP contribution in [-0.4, -0.2) is 29.1 Å². The molecule has 0 saturated carbocycles. The van der Waals surface area contributed by atoms with Crippen molar-refractivity contribution in [3.8, 4) is 5.75 Å². The van der Waals surface area contributed by atoms with Gasteiger partial charge in [0.2, 0.25) is 0 Å². The molecule has 1 heterocycles. The first kappa shape index (κ1) is 13.9. The van der Waals surface area contributed by atoms with Gasteiger partial charge in [-0.1, -0.05) is 0 Å². The van der Waals surface area contributed by atoms with Gasteiger partial charge in [-0.2, -0.15) is 0 Å². The average molecular weight is 446 g/mol. The third-order valence-corrected chi connectivity index (χ3v) is 3.64. The first-order valence-electron chi connectivity index (χ1n) is 4.86. The first-order valence-corrected chi connectivity index (χ1v) is 7.02. The zero-order valence-corrected chi connectivity index (χ0v) is 13.4. The monoisotopic (exact) mass is 446 g/mol. The van der Waals surface area contributed by atoms with Crippen molar-refractivity contribution in [2.75, 3.05) is 13.1 Å². The average Bonchev–Trinajstić information content (AvgIpc) is 2.25. The zero-order chi connectivity index (χ0) is 12.1. The van der Waals surface area contributed by atoms with E-state index in [-0.39, 0.29) is 6.09 Å². The smallest absolute Gasteiger partial charge is 0.406 e. The number of ether oxygens (including phenoxy) is 1. The molecule has 0 atom stereocenters. The molecule has 1 aromatic heterocycles. The van der Waals surface area contributed by atoms with E-state index in [0.717, 1.165) is 3.57 Å². The Hall–Kier alpha value is -0.120. The molecule has 0 aliphatic heterocycles. The van der Waals surface area contributed by atoms with Gasteiger partial charge in [-0.3, -0.25) is 0 Å². The molecule has 0 radical (unpaired) electrons. The summed E-state index contributed by atoms with van der Waals surface area (Å²) in [5.41, 5.74) is 0. The van der Waals surface area contributed by atoms with Crippen LogP contribution in [0.3, 0.4) is 0 Å². The van der Waals surface area contributed by atoms with Gasteiger partial charge in [0.05, 0.1) is 3.57 Å². The van der Waals surface area contributed by atoms with E-state index in [0.29, 0.717) is 22.5 Å². The lowest BCUT2D eigenvalue weighted by atomic mass is 10.5. The molecule has 0 saturated heterocycles. The second-order valence-electron chi connectivity index (χ2n) is 2.95. The Bertz CT molecular complexity index is 361. The summed E-state index contributed by atoms with van der Waals surface area (Å²) < 4.78 is 6.92. The van der Waals surface area contributed by atoms with E-state index in [1.54, 1.807) is 11.1 Å². The van der Waals surface area contributed by atoms with Crippen LogP contribution >= 0.6 is 45.2 Å². The molecule has 1 rings (SSSR count). The summed E-state index contributed by atoms with van der Waals surface area (Å²) in [7, 11) is 0. The minimum absolute atomic E-state index is 0.325. The molecule has 88 valence electrons. The maximum atomic E-state index is 11.7. The van der Waals surface area contributed by atoms with Crippen LogP contribution in [0.4, 0.5) is 4.79 Å². The van der Waals surface area contributed by atoms with Gasteiger partial charge in [0.15, 0.2) is 5.75 Å². The molecule has 0 unspecified atom stereocenters. The van der Waals surface area contributed by atoms with E-state index >= 15 is 0 Å². The van der Waals surface area contributed by atoms with Gasteiger partial charge in [0.25, 0.3) is 0 Å². The number of pyridine rings is 1. The van der Waals surface area contributed by atoms with Gasteiger partial charge < -0.3 is 9.64 Å². The Morgan fingerprint density at radius 3 is 2.56 bits per heavy atom. The number of carbonyl (C=O) groups excluding carboxylic acids is 1. The van der Waals surface area contributed by atoms with Crippen molar-refractivity contribution in [1.82, 2.24) is 9.88 Å². The van der Waals surface area contributed by atoms with Crippen LogP contribution in [0.5, 0.6) is 5.75 Å². The van der Waals surface area contributed by atoms with Crippen LogP contribution in [0.2, 0.25) is 0 Å². The Morgan fingerprint density at radius 1 is 1.44 bits per heavy atom. The number of amides is 1. The van der Waals surface area contributed by atoms with Crippen molar-refractivity contribution >= 4 is 51.3 Å². The molecule has 1 aromatic rings. The zero-order valence-electron chi connectivity index (χ0n) is 9.04.